The molecule has 0 amide bonds. The van der Waals surface area contributed by atoms with Gasteiger partial charge in [0.25, 0.3) is 5.56 Å². The van der Waals surface area contributed by atoms with Crippen molar-refractivity contribution in [3.05, 3.63) is 74.9 Å². The number of aromatic hydroxyl groups is 1. The number of aromatic nitrogens is 2. The van der Waals surface area contributed by atoms with Crippen LogP contribution >= 0.6 is 0 Å². The van der Waals surface area contributed by atoms with E-state index in [0.29, 0.717) is 11.4 Å². The number of sulfonamides is 1. The van der Waals surface area contributed by atoms with Gasteiger partial charge in [0.2, 0.25) is 15.9 Å². The zero-order chi connectivity index (χ0) is 21.9. The molecule has 156 valence electrons. The number of rotatable bonds is 6. The highest BCUT2D eigenvalue weighted by molar-refractivity contribution is 7.89. The third-order valence-corrected chi connectivity index (χ3v) is 5.64. The Morgan fingerprint density at radius 3 is 2.43 bits per heavy atom. The first-order valence-electron chi connectivity index (χ1n) is 8.58. The van der Waals surface area contributed by atoms with Crippen LogP contribution in [0.4, 0.5) is 5.69 Å². The molecule has 0 unspecified atom stereocenters. The van der Waals surface area contributed by atoms with E-state index in [4.69, 9.17) is 4.74 Å². The lowest BCUT2D eigenvalue weighted by Gasteiger charge is -2.12. The maximum absolute atomic E-state index is 12.3. The number of hydrogen-bond donors (Lipinski definition) is 3. The molecule has 0 spiro atoms. The second-order valence-corrected chi connectivity index (χ2v) is 7.85. The Morgan fingerprint density at radius 2 is 1.80 bits per heavy atom. The number of benzene rings is 2. The van der Waals surface area contributed by atoms with Gasteiger partial charge < -0.3 is 9.84 Å². The molecule has 1 aromatic heterocycles. The second kappa shape index (κ2) is 8.35. The van der Waals surface area contributed by atoms with Crippen LogP contribution in [0, 0.1) is 0 Å². The standard InChI is InChI=1S/C19H18N4O6S/c1-20-30(27,28)13-9-7-12(8-10-13)21-11-14-17(24)22-19(26)23(18(14)25)15-5-3-4-6-16(15)29-2/h3-11,20,25H,1-2H3,(H,22,24,26). The van der Waals surface area contributed by atoms with E-state index in [1.807, 2.05) is 0 Å². The topological polar surface area (TPSA) is 143 Å². The molecule has 0 bridgehead atoms. The average Bonchev–Trinajstić information content (AvgIpc) is 2.74. The highest BCUT2D eigenvalue weighted by Gasteiger charge is 2.17. The number of H-pyrrole nitrogens is 1. The summed E-state index contributed by atoms with van der Waals surface area (Å²) in [6.45, 7) is 0. The van der Waals surface area contributed by atoms with Gasteiger partial charge in [-0.25, -0.2) is 22.5 Å². The van der Waals surface area contributed by atoms with Gasteiger partial charge in [0.1, 0.15) is 11.3 Å². The second-order valence-electron chi connectivity index (χ2n) is 5.96. The van der Waals surface area contributed by atoms with Crippen LogP contribution in [0.2, 0.25) is 0 Å². The molecule has 0 fully saturated rings. The van der Waals surface area contributed by atoms with Crippen molar-refractivity contribution in [3.63, 3.8) is 0 Å². The fourth-order valence-corrected chi connectivity index (χ4v) is 3.39. The molecule has 0 aliphatic heterocycles. The highest BCUT2D eigenvalue weighted by Crippen LogP contribution is 2.25. The SMILES string of the molecule is CNS(=O)(=O)c1ccc(N=Cc2c(O)n(-c3ccccc3OC)c(=O)[nH]c2=O)cc1. The molecule has 0 atom stereocenters. The minimum Gasteiger partial charge on any atom is -0.495 e. The van der Waals surface area contributed by atoms with E-state index in [0.717, 1.165) is 10.8 Å². The van der Waals surface area contributed by atoms with Crippen molar-refractivity contribution in [2.45, 2.75) is 4.90 Å². The van der Waals surface area contributed by atoms with Crippen LogP contribution < -0.4 is 20.7 Å². The van der Waals surface area contributed by atoms with Gasteiger partial charge in [-0.05, 0) is 43.4 Å². The van der Waals surface area contributed by atoms with E-state index in [-0.39, 0.29) is 16.1 Å². The van der Waals surface area contributed by atoms with Gasteiger partial charge in [-0.3, -0.25) is 14.8 Å². The van der Waals surface area contributed by atoms with Gasteiger partial charge in [0.15, 0.2) is 0 Å². The summed E-state index contributed by atoms with van der Waals surface area (Å²) >= 11 is 0. The molecule has 10 nitrogen and oxygen atoms in total. The molecule has 0 aliphatic carbocycles. The normalized spacial score (nSPS) is 11.7. The van der Waals surface area contributed by atoms with Crippen LogP contribution in [0.25, 0.3) is 5.69 Å². The van der Waals surface area contributed by atoms with E-state index in [2.05, 4.69) is 14.7 Å². The van der Waals surface area contributed by atoms with E-state index in [1.54, 1.807) is 24.3 Å². The summed E-state index contributed by atoms with van der Waals surface area (Å²) in [5.41, 5.74) is -1.37. The number of aromatic amines is 1. The van der Waals surface area contributed by atoms with Gasteiger partial charge in [0.05, 0.1) is 23.4 Å². The van der Waals surface area contributed by atoms with Crippen LogP contribution in [0.15, 0.2) is 68.0 Å². The molecule has 3 N–H and O–H groups in total. The maximum atomic E-state index is 12.3. The van der Waals surface area contributed by atoms with Crippen LogP contribution in [-0.2, 0) is 10.0 Å². The lowest BCUT2D eigenvalue weighted by atomic mass is 10.2. The van der Waals surface area contributed by atoms with Crippen molar-refractivity contribution in [3.8, 4) is 17.3 Å². The number of nitrogens with one attached hydrogen (secondary N) is 2. The van der Waals surface area contributed by atoms with Crippen LogP contribution in [0.1, 0.15) is 5.56 Å². The predicted octanol–water partition coefficient (Wildman–Crippen LogP) is 0.899. The zero-order valence-corrected chi connectivity index (χ0v) is 16.8. The number of nitrogens with zero attached hydrogens (tertiary/aromatic N) is 2. The van der Waals surface area contributed by atoms with Crippen molar-refractivity contribution in [2.24, 2.45) is 4.99 Å². The lowest BCUT2D eigenvalue weighted by Crippen LogP contribution is -2.31. The van der Waals surface area contributed by atoms with E-state index >= 15 is 0 Å². The van der Waals surface area contributed by atoms with E-state index < -0.39 is 27.2 Å². The Kier molecular flexibility index (Phi) is 5.85. The summed E-state index contributed by atoms with van der Waals surface area (Å²) in [7, 11) is -0.882. The van der Waals surface area contributed by atoms with Crippen LogP contribution in [0.3, 0.4) is 0 Å². The summed E-state index contributed by atoms with van der Waals surface area (Å²) in [5, 5.41) is 10.6. The molecule has 11 heteroatoms. The first-order chi connectivity index (χ1) is 14.3. The molecule has 1 heterocycles. The first kappa shape index (κ1) is 21.0. The molecular weight excluding hydrogens is 412 g/mol. The Bertz CT molecular complexity index is 1320. The largest absolute Gasteiger partial charge is 0.495 e. The highest BCUT2D eigenvalue weighted by atomic mass is 32.2. The molecule has 0 saturated carbocycles. The molecule has 3 aromatic rings. The van der Waals surface area contributed by atoms with Gasteiger partial charge in [-0.2, -0.15) is 0 Å². The summed E-state index contributed by atoms with van der Waals surface area (Å²) in [6.07, 6.45) is 1.08. The van der Waals surface area contributed by atoms with Crippen molar-refractivity contribution in [1.82, 2.24) is 14.3 Å². The van der Waals surface area contributed by atoms with Crippen LogP contribution in [0.5, 0.6) is 11.6 Å². The number of aliphatic imine (C=N–C) groups is 1. The smallest absolute Gasteiger partial charge is 0.335 e. The Morgan fingerprint density at radius 1 is 1.13 bits per heavy atom. The minimum absolute atomic E-state index is 0.0503. The third-order valence-electron chi connectivity index (χ3n) is 4.21. The fourth-order valence-electron chi connectivity index (χ4n) is 2.66. The minimum atomic E-state index is -3.59. The predicted molar refractivity (Wildman–Crippen MR) is 111 cm³/mol. The van der Waals surface area contributed by atoms with E-state index in [1.165, 1.54) is 38.4 Å². The summed E-state index contributed by atoms with van der Waals surface area (Å²) in [6, 6.07) is 12.0. The Labute approximate surface area is 171 Å². The van der Waals surface area contributed by atoms with Gasteiger partial charge >= 0.3 is 5.69 Å². The third kappa shape index (κ3) is 4.02. The van der Waals surface area contributed by atoms with Crippen molar-refractivity contribution >= 4 is 21.9 Å². The quantitative estimate of drug-likeness (QED) is 0.496. The summed E-state index contributed by atoms with van der Waals surface area (Å²) < 4.78 is 31.8. The zero-order valence-electron chi connectivity index (χ0n) is 16.0. The molecular formula is C19H18N4O6S. The first-order valence-corrected chi connectivity index (χ1v) is 10.1. The van der Waals surface area contributed by atoms with Crippen molar-refractivity contribution in [2.75, 3.05) is 14.2 Å². The fraction of sp³-hybridized carbons (Fsp3) is 0.105. The number of ether oxygens (including phenoxy) is 1. The Hall–Kier alpha value is -3.70. The maximum Gasteiger partial charge on any atom is 0.335 e. The molecule has 0 radical (unpaired) electrons. The number of para-hydroxylation sites is 2. The summed E-state index contributed by atoms with van der Waals surface area (Å²) in [4.78, 5) is 30.8. The molecule has 0 saturated heterocycles. The molecule has 30 heavy (non-hydrogen) atoms. The number of methoxy groups -OCH3 is 1. The van der Waals surface area contributed by atoms with E-state index in [9.17, 15) is 23.1 Å². The molecule has 3 rings (SSSR count). The summed E-state index contributed by atoms with van der Waals surface area (Å²) in [5.74, 6) is -0.308. The molecule has 0 aliphatic rings. The van der Waals surface area contributed by atoms with Gasteiger partial charge in [-0.1, -0.05) is 12.1 Å². The monoisotopic (exact) mass is 430 g/mol. The van der Waals surface area contributed by atoms with Gasteiger partial charge in [0, 0.05) is 6.21 Å². The van der Waals surface area contributed by atoms with Crippen LogP contribution in [-0.4, -0.2) is 43.4 Å². The van der Waals surface area contributed by atoms with Crippen molar-refractivity contribution < 1.29 is 18.3 Å². The Balaban J connectivity index is 2.05. The lowest BCUT2D eigenvalue weighted by molar-refractivity contribution is 0.401. The van der Waals surface area contributed by atoms with Crippen molar-refractivity contribution in [1.29, 1.82) is 0 Å². The average molecular weight is 430 g/mol. The van der Waals surface area contributed by atoms with Gasteiger partial charge in [-0.15, -0.1) is 0 Å². The number of hydrogen-bond acceptors (Lipinski definition) is 7. The molecule has 2 aromatic carbocycles.